The Labute approximate surface area is 84.9 Å². The number of anilines is 1. The average Bonchev–Trinajstić information content (AvgIpc) is 2.18. The Hall–Kier alpha value is -0.830. The quantitative estimate of drug-likeness (QED) is 0.742. The van der Waals surface area contributed by atoms with Crippen LogP contribution in [0.3, 0.4) is 0 Å². The lowest BCUT2D eigenvalue weighted by atomic mass is 10.3. The predicted molar refractivity (Wildman–Crippen MR) is 60.1 cm³/mol. The van der Waals surface area contributed by atoms with Crippen LogP contribution in [0.15, 0.2) is 24.3 Å². The molecule has 0 heterocycles. The normalized spacial score (nSPS) is 9.77. The van der Waals surface area contributed by atoms with Gasteiger partial charge in [0, 0.05) is 31.1 Å². The van der Waals surface area contributed by atoms with Crippen LogP contribution in [0.4, 0.5) is 5.69 Å². The Morgan fingerprint density at radius 1 is 1.46 bits per heavy atom. The van der Waals surface area contributed by atoms with E-state index in [1.54, 1.807) is 7.11 Å². The molecule has 1 aromatic rings. The molecule has 0 N–H and O–H groups in total. The van der Waals surface area contributed by atoms with Crippen molar-refractivity contribution in [1.29, 1.82) is 0 Å². The Balaban J connectivity index is 2.75. The van der Waals surface area contributed by atoms with Gasteiger partial charge in [-0.3, -0.25) is 0 Å². The third-order valence-electron chi connectivity index (χ3n) is 1.93. The van der Waals surface area contributed by atoms with Gasteiger partial charge in [0.05, 0.1) is 7.11 Å². The number of nitrogens with zero attached hydrogens (tertiary/aromatic N) is 1. The molecule has 0 radical (unpaired) electrons. The molecule has 0 saturated carbocycles. The maximum absolute atomic E-state index is 5.14. The maximum Gasteiger partial charge on any atom is 0.120 e. The Kier molecular flexibility index (Phi) is 3.96. The van der Waals surface area contributed by atoms with Crippen LogP contribution in [-0.4, -0.2) is 26.5 Å². The summed E-state index contributed by atoms with van der Waals surface area (Å²) >= 11 is 4.19. The van der Waals surface area contributed by atoms with Crippen molar-refractivity contribution in [2.45, 2.75) is 0 Å². The van der Waals surface area contributed by atoms with E-state index >= 15 is 0 Å². The molecular weight excluding hydrogens is 182 g/mol. The van der Waals surface area contributed by atoms with Crippen molar-refractivity contribution >= 4 is 18.3 Å². The fraction of sp³-hybridized carbons (Fsp3) is 0.400. The first-order valence-corrected chi connectivity index (χ1v) is 4.87. The van der Waals surface area contributed by atoms with E-state index in [0.29, 0.717) is 0 Å². The summed E-state index contributed by atoms with van der Waals surface area (Å²) in [6.45, 7) is 0.941. The molecule has 0 unspecified atom stereocenters. The van der Waals surface area contributed by atoms with E-state index in [0.717, 1.165) is 23.7 Å². The van der Waals surface area contributed by atoms with Crippen LogP contribution in [0.2, 0.25) is 0 Å². The second kappa shape index (κ2) is 5.02. The molecule has 72 valence electrons. The van der Waals surface area contributed by atoms with Crippen molar-refractivity contribution < 1.29 is 4.74 Å². The van der Waals surface area contributed by atoms with E-state index in [4.69, 9.17) is 4.74 Å². The largest absolute Gasteiger partial charge is 0.497 e. The van der Waals surface area contributed by atoms with E-state index < -0.39 is 0 Å². The SMILES string of the molecule is COc1cccc(N(C)CCS)c1. The lowest BCUT2D eigenvalue weighted by Crippen LogP contribution is -2.19. The molecule has 0 atom stereocenters. The van der Waals surface area contributed by atoms with E-state index in [1.165, 1.54) is 0 Å². The first-order valence-electron chi connectivity index (χ1n) is 4.24. The van der Waals surface area contributed by atoms with E-state index in [2.05, 4.69) is 23.6 Å². The van der Waals surface area contributed by atoms with Crippen molar-refractivity contribution in [2.75, 3.05) is 31.4 Å². The van der Waals surface area contributed by atoms with Crippen molar-refractivity contribution in [3.05, 3.63) is 24.3 Å². The van der Waals surface area contributed by atoms with Crippen molar-refractivity contribution in [2.24, 2.45) is 0 Å². The summed E-state index contributed by atoms with van der Waals surface area (Å²) < 4.78 is 5.14. The molecule has 3 heteroatoms. The number of hydrogen-bond acceptors (Lipinski definition) is 3. The highest BCUT2D eigenvalue weighted by Crippen LogP contribution is 2.19. The van der Waals surface area contributed by atoms with E-state index in [9.17, 15) is 0 Å². The van der Waals surface area contributed by atoms with E-state index in [-0.39, 0.29) is 0 Å². The van der Waals surface area contributed by atoms with Gasteiger partial charge in [0.2, 0.25) is 0 Å². The molecular formula is C10H15NOS. The first-order chi connectivity index (χ1) is 6.27. The zero-order valence-electron chi connectivity index (χ0n) is 8.03. The lowest BCUT2D eigenvalue weighted by molar-refractivity contribution is 0.415. The number of methoxy groups -OCH3 is 1. The van der Waals surface area contributed by atoms with Gasteiger partial charge < -0.3 is 9.64 Å². The number of benzene rings is 1. The molecule has 0 spiro atoms. The Bertz CT molecular complexity index is 265. The topological polar surface area (TPSA) is 12.5 Å². The molecule has 0 amide bonds. The fourth-order valence-electron chi connectivity index (χ4n) is 1.13. The predicted octanol–water partition coefficient (Wildman–Crippen LogP) is 2.06. The molecule has 0 saturated heterocycles. The molecule has 0 fully saturated rings. The summed E-state index contributed by atoms with van der Waals surface area (Å²) in [5.41, 5.74) is 1.16. The summed E-state index contributed by atoms with van der Waals surface area (Å²) in [6.07, 6.45) is 0. The van der Waals surface area contributed by atoms with Gasteiger partial charge in [0.25, 0.3) is 0 Å². The van der Waals surface area contributed by atoms with Crippen LogP contribution < -0.4 is 9.64 Å². The molecule has 0 aliphatic heterocycles. The average molecular weight is 197 g/mol. The van der Waals surface area contributed by atoms with Crippen LogP contribution in [-0.2, 0) is 0 Å². The van der Waals surface area contributed by atoms with Gasteiger partial charge in [-0.2, -0.15) is 12.6 Å². The molecule has 0 bridgehead atoms. The molecule has 0 aromatic heterocycles. The van der Waals surface area contributed by atoms with Crippen molar-refractivity contribution in [3.8, 4) is 5.75 Å². The molecule has 1 aromatic carbocycles. The lowest BCUT2D eigenvalue weighted by Gasteiger charge is -2.18. The first kappa shape index (κ1) is 10.3. The summed E-state index contributed by atoms with van der Waals surface area (Å²) in [5.74, 6) is 1.75. The van der Waals surface area contributed by atoms with Crippen molar-refractivity contribution in [1.82, 2.24) is 0 Å². The van der Waals surface area contributed by atoms with Gasteiger partial charge in [0.15, 0.2) is 0 Å². The molecule has 13 heavy (non-hydrogen) atoms. The second-order valence-corrected chi connectivity index (χ2v) is 3.29. The summed E-state index contributed by atoms with van der Waals surface area (Å²) in [6, 6.07) is 8.01. The highest BCUT2D eigenvalue weighted by molar-refractivity contribution is 7.80. The summed E-state index contributed by atoms with van der Waals surface area (Å²) in [5, 5.41) is 0. The van der Waals surface area contributed by atoms with Gasteiger partial charge in [-0.05, 0) is 12.1 Å². The van der Waals surface area contributed by atoms with Crippen LogP contribution >= 0.6 is 12.6 Å². The minimum atomic E-state index is 0.855. The van der Waals surface area contributed by atoms with E-state index in [1.807, 2.05) is 25.2 Å². The van der Waals surface area contributed by atoms with Gasteiger partial charge in [-0.15, -0.1) is 0 Å². The zero-order chi connectivity index (χ0) is 9.68. The van der Waals surface area contributed by atoms with Gasteiger partial charge in [-0.1, -0.05) is 6.07 Å². The summed E-state index contributed by atoms with van der Waals surface area (Å²) in [7, 11) is 3.72. The van der Waals surface area contributed by atoms with Crippen molar-refractivity contribution in [3.63, 3.8) is 0 Å². The van der Waals surface area contributed by atoms with Crippen LogP contribution in [0, 0.1) is 0 Å². The number of rotatable bonds is 4. The van der Waals surface area contributed by atoms with Crippen LogP contribution in [0.1, 0.15) is 0 Å². The third kappa shape index (κ3) is 2.84. The van der Waals surface area contributed by atoms with Gasteiger partial charge in [-0.25, -0.2) is 0 Å². The highest BCUT2D eigenvalue weighted by atomic mass is 32.1. The molecule has 1 rings (SSSR count). The Morgan fingerprint density at radius 2 is 2.23 bits per heavy atom. The zero-order valence-corrected chi connectivity index (χ0v) is 8.92. The standard InChI is InChI=1S/C10H15NOS/c1-11(6-7-13)9-4-3-5-10(8-9)12-2/h3-5,8,13H,6-7H2,1-2H3. The molecule has 2 nitrogen and oxygen atoms in total. The minimum Gasteiger partial charge on any atom is -0.497 e. The minimum absolute atomic E-state index is 0.855. The number of thiol groups is 1. The number of ether oxygens (including phenoxy) is 1. The molecule has 0 aliphatic carbocycles. The van der Waals surface area contributed by atoms with Gasteiger partial charge in [0.1, 0.15) is 5.75 Å². The maximum atomic E-state index is 5.14. The van der Waals surface area contributed by atoms with Crippen LogP contribution in [0.25, 0.3) is 0 Å². The Morgan fingerprint density at radius 3 is 2.85 bits per heavy atom. The third-order valence-corrected chi connectivity index (χ3v) is 2.13. The fourth-order valence-corrected chi connectivity index (χ4v) is 1.43. The smallest absolute Gasteiger partial charge is 0.120 e. The van der Waals surface area contributed by atoms with Gasteiger partial charge >= 0.3 is 0 Å². The van der Waals surface area contributed by atoms with Crippen LogP contribution in [0.5, 0.6) is 5.75 Å². The number of hydrogen-bond donors (Lipinski definition) is 1. The highest BCUT2D eigenvalue weighted by Gasteiger charge is 1.99. The molecule has 0 aliphatic rings. The second-order valence-electron chi connectivity index (χ2n) is 2.85. The summed E-state index contributed by atoms with van der Waals surface area (Å²) in [4.78, 5) is 2.15. The monoisotopic (exact) mass is 197 g/mol.